The maximum atomic E-state index is 9.94. The third-order valence-electron chi connectivity index (χ3n) is 5.13. The van der Waals surface area contributed by atoms with Crippen LogP contribution in [0, 0.1) is 0 Å². The maximum absolute atomic E-state index is 9.94. The summed E-state index contributed by atoms with van der Waals surface area (Å²) in [6, 6.07) is 0. The van der Waals surface area contributed by atoms with Crippen LogP contribution in [0.3, 0.4) is 0 Å². The second kappa shape index (κ2) is 11.4. The van der Waals surface area contributed by atoms with E-state index in [9.17, 15) is 10.2 Å². The van der Waals surface area contributed by atoms with Crippen molar-refractivity contribution in [2.24, 2.45) is 5.73 Å². The van der Waals surface area contributed by atoms with Gasteiger partial charge >= 0.3 is 0 Å². The van der Waals surface area contributed by atoms with Crippen LogP contribution >= 0.6 is 0 Å². The summed E-state index contributed by atoms with van der Waals surface area (Å²) < 4.78 is 0. The van der Waals surface area contributed by atoms with E-state index in [-0.39, 0.29) is 11.6 Å². The van der Waals surface area contributed by atoms with Crippen molar-refractivity contribution in [3.63, 3.8) is 0 Å². The molecule has 22 heavy (non-hydrogen) atoms. The zero-order valence-corrected chi connectivity index (χ0v) is 14.7. The van der Waals surface area contributed by atoms with Crippen LogP contribution in [0.1, 0.15) is 103 Å². The Morgan fingerprint density at radius 1 is 0.818 bits per heavy atom. The smallest absolute Gasteiger partial charge is 0.0744 e. The van der Waals surface area contributed by atoms with Gasteiger partial charge in [-0.1, -0.05) is 77.6 Å². The van der Waals surface area contributed by atoms with Crippen molar-refractivity contribution in [2.45, 2.75) is 121 Å². The molecule has 0 aromatic rings. The molecule has 1 aliphatic carbocycles. The van der Waals surface area contributed by atoms with Gasteiger partial charge in [0.25, 0.3) is 0 Å². The van der Waals surface area contributed by atoms with Crippen LogP contribution in [0.2, 0.25) is 0 Å². The summed E-state index contributed by atoms with van der Waals surface area (Å²) >= 11 is 0. The third kappa shape index (κ3) is 9.12. The van der Waals surface area contributed by atoms with Crippen molar-refractivity contribution in [1.29, 1.82) is 0 Å². The van der Waals surface area contributed by atoms with E-state index in [0.717, 1.165) is 25.7 Å². The molecule has 0 aromatic carbocycles. The van der Waals surface area contributed by atoms with Crippen molar-refractivity contribution in [3.05, 3.63) is 0 Å². The van der Waals surface area contributed by atoms with E-state index in [0.29, 0.717) is 6.42 Å². The van der Waals surface area contributed by atoms with Crippen molar-refractivity contribution in [3.8, 4) is 0 Å². The Morgan fingerprint density at radius 3 is 1.73 bits per heavy atom. The van der Waals surface area contributed by atoms with E-state index in [4.69, 9.17) is 5.73 Å². The number of nitrogens with two attached hydrogens (primary N) is 1. The molecule has 3 nitrogen and oxygen atoms in total. The highest BCUT2D eigenvalue weighted by Gasteiger charge is 2.45. The van der Waals surface area contributed by atoms with Crippen LogP contribution in [0.4, 0.5) is 0 Å². The first-order chi connectivity index (χ1) is 10.6. The SMILES string of the molecule is CCCCCCCCCCCCC[C@H](O)C[C@@H](O)C1(N)CC1. The highest BCUT2D eigenvalue weighted by atomic mass is 16.3. The van der Waals surface area contributed by atoms with Gasteiger partial charge in [0.1, 0.15) is 0 Å². The summed E-state index contributed by atoms with van der Waals surface area (Å²) in [5.74, 6) is 0. The Labute approximate surface area is 137 Å². The molecule has 0 heterocycles. The fourth-order valence-corrected chi connectivity index (χ4v) is 3.13. The number of hydrogen-bond donors (Lipinski definition) is 3. The monoisotopic (exact) mass is 313 g/mol. The maximum Gasteiger partial charge on any atom is 0.0744 e. The van der Waals surface area contributed by atoms with Crippen molar-refractivity contribution < 1.29 is 10.2 Å². The Balaban J connectivity index is 1.81. The zero-order valence-electron chi connectivity index (χ0n) is 14.7. The number of unbranched alkanes of at least 4 members (excludes halogenated alkanes) is 10. The van der Waals surface area contributed by atoms with Gasteiger partial charge in [-0.05, 0) is 19.3 Å². The minimum Gasteiger partial charge on any atom is -0.393 e. The lowest BCUT2D eigenvalue weighted by Gasteiger charge is -2.20. The molecule has 0 bridgehead atoms. The molecule has 0 aliphatic heterocycles. The first kappa shape index (κ1) is 19.9. The normalized spacial score (nSPS) is 19.1. The van der Waals surface area contributed by atoms with Crippen LogP contribution in [-0.4, -0.2) is 28.0 Å². The highest BCUT2D eigenvalue weighted by Crippen LogP contribution is 2.37. The molecular weight excluding hydrogens is 274 g/mol. The lowest BCUT2D eigenvalue weighted by Crippen LogP contribution is -2.39. The number of aliphatic hydroxyl groups is 2. The van der Waals surface area contributed by atoms with Gasteiger partial charge in [0.15, 0.2) is 0 Å². The summed E-state index contributed by atoms with van der Waals surface area (Å²) in [5.41, 5.74) is 5.56. The molecular formula is C19H39NO2. The van der Waals surface area contributed by atoms with Crippen LogP contribution < -0.4 is 5.73 Å². The first-order valence-corrected chi connectivity index (χ1v) is 9.73. The van der Waals surface area contributed by atoms with Gasteiger partial charge in [-0.2, -0.15) is 0 Å². The number of hydrogen-bond acceptors (Lipinski definition) is 3. The molecule has 1 fully saturated rings. The van der Waals surface area contributed by atoms with E-state index in [1.165, 1.54) is 64.2 Å². The standard InChI is InChI=1S/C19H39NO2/c1-2-3-4-5-6-7-8-9-10-11-12-13-17(21)16-18(22)19(20)14-15-19/h17-18,21-22H,2-16,20H2,1H3/t17-,18+/m0/s1. The molecule has 3 heteroatoms. The van der Waals surface area contributed by atoms with Gasteiger partial charge in [0, 0.05) is 12.0 Å². The Kier molecular flexibility index (Phi) is 10.3. The van der Waals surface area contributed by atoms with Gasteiger partial charge < -0.3 is 15.9 Å². The van der Waals surface area contributed by atoms with Gasteiger partial charge in [0.2, 0.25) is 0 Å². The van der Waals surface area contributed by atoms with Gasteiger partial charge in [-0.3, -0.25) is 0 Å². The van der Waals surface area contributed by atoms with Gasteiger partial charge in [-0.25, -0.2) is 0 Å². The second-order valence-corrected chi connectivity index (χ2v) is 7.46. The molecule has 2 atom stereocenters. The summed E-state index contributed by atoms with van der Waals surface area (Å²) in [4.78, 5) is 0. The summed E-state index contributed by atoms with van der Waals surface area (Å²) in [5, 5.41) is 19.8. The van der Waals surface area contributed by atoms with Crippen molar-refractivity contribution in [1.82, 2.24) is 0 Å². The van der Waals surface area contributed by atoms with E-state index in [2.05, 4.69) is 6.92 Å². The molecule has 0 amide bonds. The molecule has 1 rings (SSSR count). The Morgan fingerprint density at radius 2 is 1.27 bits per heavy atom. The Bertz CT molecular complexity index is 266. The summed E-state index contributed by atoms with van der Waals surface area (Å²) in [6.45, 7) is 2.26. The molecule has 0 radical (unpaired) electrons. The second-order valence-electron chi connectivity index (χ2n) is 7.46. The molecule has 132 valence electrons. The predicted octanol–water partition coefficient (Wildman–Crippen LogP) is 4.29. The molecule has 1 saturated carbocycles. The zero-order chi connectivity index (χ0) is 16.3. The van der Waals surface area contributed by atoms with Gasteiger partial charge in [-0.15, -0.1) is 0 Å². The van der Waals surface area contributed by atoms with Gasteiger partial charge in [0.05, 0.1) is 12.2 Å². The topological polar surface area (TPSA) is 66.5 Å². The van der Waals surface area contributed by atoms with E-state index >= 15 is 0 Å². The third-order valence-corrected chi connectivity index (χ3v) is 5.13. The van der Waals surface area contributed by atoms with E-state index in [1.54, 1.807) is 0 Å². The molecule has 0 spiro atoms. The van der Waals surface area contributed by atoms with Crippen molar-refractivity contribution >= 4 is 0 Å². The molecule has 0 saturated heterocycles. The lowest BCUT2D eigenvalue weighted by atomic mass is 9.99. The number of aliphatic hydroxyl groups excluding tert-OH is 2. The van der Waals surface area contributed by atoms with Crippen LogP contribution in [-0.2, 0) is 0 Å². The van der Waals surface area contributed by atoms with Crippen LogP contribution in [0.25, 0.3) is 0 Å². The van der Waals surface area contributed by atoms with E-state index in [1.807, 2.05) is 0 Å². The fourth-order valence-electron chi connectivity index (χ4n) is 3.13. The molecule has 0 unspecified atom stereocenters. The summed E-state index contributed by atoms with van der Waals surface area (Å²) in [6.07, 6.45) is 16.7. The first-order valence-electron chi connectivity index (χ1n) is 9.73. The van der Waals surface area contributed by atoms with Crippen molar-refractivity contribution in [2.75, 3.05) is 0 Å². The largest absolute Gasteiger partial charge is 0.393 e. The molecule has 1 aliphatic rings. The average Bonchev–Trinajstić information content (AvgIpc) is 3.24. The molecule has 4 N–H and O–H groups in total. The summed E-state index contributed by atoms with van der Waals surface area (Å²) in [7, 11) is 0. The van der Waals surface area contributed by atoms with E-state index < -0.39 is 6.10 Å². The highest BCUT2D eigenvalue weighted by molar-refractivity contribution is 5.04. The predicted molar refractivity (Wildman–Crippen MR) is 93.9 cm³/mol. The van der Waals surface area contributed by atoms with Crippen LogP contribution in [0.15, 0.2) is 0 Å². The average molecular weight is 314 g/mol. The quantitative estimate of drug-likeness (QED) is 0.395. The fraction of sp³-hybridized carbons (Fsp3) is 1.00. The minimum atomic E-state index is -0.518. The molecule has 0 aromatic heterocycles. The minimum absolute atomic E-state index is 0.377. The van der Waals surface area contributed by atoms with Crippen LogP contribution in [0.5, 0.6) is 0 Å². The number of rotatable bonds is 15. The lowest BCUT2D eigenvalue weighted by molar-refractivity contribution is 0.0539. The Hall–Kier alpha value is -0.120.